The van der Waals surface area contributed by atoms with Crippen molar-refractivity contribution < 1.29 is 13.2 Å². The van der Waals surface area contributed by atoms with Crippen LogP contribution >= 0.6 is 0 Å². The van der Waals surface area contributed by atoms with Crippen molar-refractivity contribution in [3.8, 4) is 5.69 Å². The molecule has 0 atom stereocenters. The maximum absolute atomic E-state index is 12.8. The van der Waals surface area contributed by atoms with E-state index in [4.69, 9.17) is 0 Å². The number of rotatable bonds is 6. The lowest BCUT2D eigenvalue weighted by atomic mass is 10.1. The molecule has 1 aliphatic rings. The maximum Gasteiger partial charge on any atom is 0.243 e. The highest BCUT2D eigenvalue weighted by atomic mass is 32.2. The van der Waals surface area contributed by atoms with Gasteiger partial charge in [-0.25, -0.2) is 13.1 Å². The molecule has 2 heterocycles. The van der Waals surface area contributed by atoms with Crippen LogP contribution in [0.5, 0.6) is 0 Å². The Balaban J connectivity index is 1.47. The van der Waals surface area contributed by atoms with Crippen molar-refractivity contribution >= 4 is 21.7 Å². The summed E-state index contributed by atoms with van der Waals surface area (Å²) in [4.78, 5) is 13.0. The average Bonchev–Trinajstić information content (AvgIpc) is 3.14. The summed E-state index contributed by atoms with van der Waals surface area (Å²) in [5.41, 5.74) is 4.68. The first kappa shape index (κ1) is 23.2. The van der Waals surface area contributed by atoms with Gasteiger partial charge in [-0.05, 0) is 74.6 Å². The van der Waals surface area contributed by atoms with Gasteiger partial charge in [-0.3, -0.25) is 4.79 Å². The smallest absolute Gasteiger partial charge is 0.243 e. The van der Waals surface area contributed by atoms with Crippen LogP contribution in [0.25, 0.3) is 5.69 Å². The number of aromatic nitrogens is 2. The van der Waals surface area contributed by atoms with Crippen LogP contribution < -0.4 is 5.32 Å². The van der Waals surface area contributed by atoms with Crippen LogP contribution in [-0.2, 0) is 21.2 Å². The van der Waals surface area contributed by atoms with Gasteiger partial charge in [0.05, 0.1) is 22.7 Å². The lowest BCUT2D eigenvalue weighted by Gasteiger charge is -2.25. The van der Waals surface area contributed by atoms with Gasteiger partial charge >= 0.3 is 0 Å². The molecule has 0 radical (unpaired) electrons. The Labute approximate surface area is 195 Å². The van der Waals surface area contributed by atoms with E-state index in [0.717, 1.165) is 47.3 Å². The van der Waals surface area contributed by atoms with Gasteiger partial charge in [0.15, 0.2) is 0 Å². The summed E-state index contributed by atoms with van der Waals surface area (Å²) in [6.45, 7) is 7.08. The highest BCUT2D eigenvalue weighted by molar-refractivity contribution is 7.89. The van der Waals surface area contributed by atoms with Gasteiger partial charge < -0.3 is 5.32 Å². The lowest BCUT2D eigenvalue weighted by Crippen LogP contribution is -2.35. The number of carbonyl (C=O) groups is 1. The van der Waals surface area contributed by atoms with Gasteiger partial charge in [0.2, 0.25) is 15.9 Å². The van der Waals surface area contributed by atoms with Crippen molar-refractivity contribution in [1.29, 1.82) is 0 Å². The van der Waals surface area contributed by atoms with Crippen LogP contribution in [-0.4, -0.2) is 41.5 Å². The summed E-state index contributed by atoms with van der Waals surface area (Å²) in [5, 5.41) is 7.49. The first-order valence-electron chi connectivity index (χ1n) is 11.3. The zero-order chi connectivity index (χ0) is 23.6. The molecule has 1 fully saturated rings. The minimum absolute atomic E-state index is 0.140. The minimum atomic E-state index is -3.48. The van der Waals surface area contributed by atoms with Gasteiger partial charge in [0, 0.05) is 19.2 Å². The van der Waals surface area contributed by atoms with Gasteiger partial charge in [-0.15, -0.1) is 0 Å². The van der Waals surface area contributed by atoms with Gasteiger partial charge in [-0.2, -0.15) is 9.40 Å². The number of hydrogen-bond donors (Lipinski definition) is 1. The van der Waals surface area contributed by atoms with Crippen LogP contribution in [0, 0.1) is 20.8 Å². The molecule has 0 aliphatic carbocycles. The second kappa shape index (κ2) is 9.49. The van der Waals surface area contributed by atoms with Gasteiger partial charge in [0.25, 0.3) is 0 Å². The van der Waals surface area contributed by atoms with E-state index in [-0.39, 0.29) is 17.2 Å². The van der Waals surface area contributed by atoms with E-state index in [9.17, 15) is 13.2 Å². The quantitative estimate of drug-likeness (QED) is 0.591. The molecule has 3 aromatic rings. The van der Waals surface area contributed by atoms with Crippen molar-refractivity contribution in [2.24, 2.45) is 0 Å². The Hall–Kier alpha value is -2.97. The van der Waals surface area contributed by atoms with E-state index < -0.39 is 10.0 Å². The molecule has 4 rings (SSSR count). The van der Waals surface area contributed by atoms with Crippen molar-refractivity contribution in [3.63, 3.8) is 0 Å². The number of anilines is 1. The Morgan fingerprint density at radius 2 is 1.58 bits per heavy atom. The summed E-state index contributed by atoms with van der Waals surface area (Å²) >= 11 is 0. The summed E-state index contributed by atoms with van der Waals surface area (Å²) in [6, 6.07) is 14.6. The van der Waals surface area contributed by atoms with Crippen LogP contribution in [0.2, 0.25) is 0 Å². The third-order valence-electron chi connectivity index (χ3n) is 5.79. The molecule has 1 amide bonds. The summed E-state index contributed by atoms with van der Waals surface area (Å²) in [5.74, 6) is 0.416. The Morgan fingerprint density at radius 3 is 2.21 bits per heavy atom. The van der Waals surface area contributed by atoms with E-state index >= 15 is 0 Å². The van der Waals surface area contributed by atoms with Crippen molar-refractivity contribution in [1.82, 2.24) is 14.1 Å². The standard InChI is InChI=1S/C25H30N4O3S/c1-18-13-19(2)15-22(14-18)29-24(16-20(3)27-29)26-25(30)17-21-7-9-23(10-8-21)33(31,32)28-11-5-4-6-12-28/h7-10,13-16H,4-6,11-12,17H2,1-3H3,(H,26,30). The zero-order valence-corrected chi connectivity index (χ0v) is 20.2. The second-order valence-electron chi connectivity index (χ2n) is 8.76. The molecular weight excluding hydrogens is 436 g/mol. The number of benzene rings is 2. The number of hydrogen-bond acceptors (Lipinski definition) is 4. The second-order valence-corrected chi connectivity index (χ2v) is 10.7. The van der Waals surface area contributed by atoms with Crippen molar-refractivity contribution in [2.75, 3.05) is 18.4 Å². The maximum atomic E-state index is 12.8. The fourth-order valence-electron chi connectivity index (χ4n) is 4.26. The molecule has 8 heteroatoms. The molecule has 0 bridgehead atoms. The Morgan fingerprint density at radius 1 is 0.939 bits per heavy atom. The van der Waals surface area contributed by atoms with Gasteiger partial charge in [0.1, 0.15) is 5.82 Å². The number of amides is 1. The van der Waals surface area contributed by atoms with E-state index in [0.29, 0.717) is 18.9 Å². The number of carbonyl (C=O) groups excluding carboxylic acids is 1. The van der Waals surface area contributed by atoms with E-state index in [2.05, 4.69) is 16.5 Å². The molecule has 2 aromatic carbocycles. The number of sulfonamides is 1. The van der Waals surface area contributed by atoms with E-state index in [1.807, 2.05) is 39.0 Å². The number of nitrogens with zero attached hydrogens (tertiary/aromatic N) is 3. The summed E-state index contributed by atoms with van der Waals surface area (Å²) in [7, 11) is -3.48. The van der Waals surface area contributed by atoms with E-state index in [1.54, 1.807) is 33.3 Å². The highest BCUT2D eigenvalue weighted by Crippen LogP contribution is 2.22. The van der Waals surface area contributed by atoms with Crippen molar-refractivity contribution in [3.05, 3.63) is 70.9 Å². The molecule has 1 saturated heterocycles. The minimum Gasteiger partial charge on any atom is -0.310 e. The normalized spacial score (nSPS) is 14.9. The molecule has 7 nitrogen and oxygen atoms in total. The molecule has 0 saturated carbocycles. The van der Waals surface area contributed by atoms with Crippen LogP contribution in [0.4, 0.5) is 5.82 Å². The van der Waals surface area contributed by atoms with Gasteiger partial charge in [-0.1, -0.05) is 24.6 Å². The predicted octanol–water partition coefficient (Wildman–Crippen LogP) is 4.15. The third-order valence-corrected chi connectivity index (χ3v) is 7.70. The Bertz CT molecular complexity index is 1240. The fourth-order valence-corrected chi connectivity index (χ4v) is 5.78. The third kappa shape index (κ3) is 5.34. The van der Waals surface area contributed by atoms with Crippen molar-refractivity contribution in [2.45, 2.75) is 51.3 Å². The monoisotopic (exact) mass is 466 g/mol. The lowest BCUT2D eigenvalue weighted by molar-refractivity contribution is -0.115. The first-order chi connectivity index (χ1) is 15.7. The van der Waals surface area contributed by atoms with E-state index in [1.165, 1.54) is 0 Å². The van der Waals surface area contributed by atoms with Crippen LogP contribution in [0.15, 0.2) is 53.4 Å². The predicted molar refractivity (Wildman–Crippen MR) is 129 cm³/mol. The molecule has 174 valence electrons. The first-order valence-corrected chi connectivity index (χ1v) is 12.7. The average molecular weight is 467 g/mol. The highest BCUT2D eigenvalue weighted by Gasteiger charge is 2.25. The summed E-state index contributed by atoms with van der Waals surface area (Å²) in [6.07, 6.45) is 3.01. The number of nitrogens with one attached hydrogen (secondary N) is 1. The zero-order valence-electron chi connectivity index (χ0n) is 19.3. The topological polar surface area (TPSA) is 84.3 Å². The Kier molecular flexibility index (Phi) is 6.67. The van der Waals surface area contributed by atoms with Crippen LogP contribution in [0.1, 0.15) is 41.6 Å². The number of piperidine rings is 1. The van der Waals surface area contributed by atoms with Crippen LogP contribution in [0.3, 0.4) is 0 Å². The SMILES string of the molecule is Cc1cc(C)cc(-n2nc(C)cc2NC(=O)Cc2ccc(S(=O)(=O)N3CCCCC3)cc2)c1. The molecule has 1 aliphatic heterocycles. The summed E-state index contributed by atoms with van der Waals surface area (Å²) < 4.78 is 28.9. The molecular formula is C25H30N4O3S. The molecule has 1 N–H and O–H groups in total. The molecule has 0 unspecified atom stereocenters. The molecule has 0 spiro atoms. The number of aryl methyl sites for hydroxylation is 3. The molecule has 1 aromatic heterocycles. The fraction of sp³-hybridized carbons (Fsp3) is 0.360. The largest absolute Gasteiger partial charge is 0.310 e. The molecule has 33 heavy (non-hydrogen) atoms.